The lowest BCUT2D eigenvalue weighted by Crippen LogP contribution is -2.24. The van der Waals surface area contributed by atoms with Crippen LogP contribution < -0.4 is 10.1 Å². The highest BCUT2D eigenvalue weighted by Gasteiger charge is 2.17. The van der Waals surface area contributed by atoms with Gasteiger partial charge in [-0.05, 0) is 48.7 Å². The number of benzene rings is 1. The molecular weight excluding hydrogens is 267 g/mol. The third-order valence-electron chi connectivity index (χ3n) is 3.58. The molecule has 4 heteroatoms. The maximum absolute atomic E-state index is 14.3. The van der Waals surface area contributed by atoms with Gasteiger partial charge in [0.1, 0.15) is 0 Å². The molecule has 2 aromatic rings. The van der Waals surface area contributed by atoms with Gasteiger partial charge in [-0.25, -0.2) is 4.39 Å². The number of hydrogen-bond donors (Lipinski definition) is 1. The summed E-state index contributed by atoms with van der Waals surface area (Å²) in [6.07, 6.45) is 4.18. The molecule has 0 saturated carbocycles. The Balaban J connectivity index is 2.31. The minimum absolute atomic E-state index is 0.0552. The minimum atomic E-state index is -0.283. The number of halogens is 1. The molecule has 0 aliphatic rings. The molecule has 1 N–H and O–H groups in total. The highest BCUT2D eigenvalue weighted by Crippen LogP contribution is 2.26. The average molecular weight is 288 g/mol. The summed E-state index contributed by atoms with van der Waals surface area (Å²) >= 11 is 0. The lowest BCUT2D eigenvalue weighted by Gasteiger charge is -2.21. The topological polar surface area (TPSA) is 34.1 Å². The smallest absolute Gasteiger partial charge is 0.168 e. The van der Waals surface area contributed by atoms with Crippen LogP contribution in [-0.2, 0) is 6.42 Å². The van der Waals surface area contributed by atoms with Crippen molar-refractivity contribution in [1.82, 2.24) is 10.3 Å². The van der Waals surface area contributed by atoms with Crippen LogP contribution in [0.4, 0.5) is 4.39 Å². The number of methoxy groups -OCH3 is 1. The van der Waals surface area contributed by atoms with Crippen molar-refractivity contribution in [2.45, 2.75) is 26.3 Å². The molecule has 21 heavy (non-hydrogen) atoms. The molecule has 0 amide bonds. The molecule has 3 nitrogen and oxygen atoms in total. The Hall–Kier alpha value is -1.94. The van der Waals surface area contributed by atoms with Crippen LogP contribution in [0.5, 0.6) is 5.75 Å². The van der Waals surface area contributed by atoms with E-state index in [1.807, 2.05) is 32.2 Å². The van der Waals surface area contributed by atoms with Crippen LogP contribution >= 0.6 is 0 Å². The van der Waals surface area contributed by atoms with Crippen molar-refractivity contribution >= 4 is 0 Å². The summed E-state index contributed by atoms with van der Waals surface area (Å²) < 4.78 is 19.4. The van der Waals surface area contributed by atoms with Crippen molar-refractivity contribution in [2.24, 2.45) is 0 Å². The van der Waals surface area contributed by atoms with Crippen LogP contribution in [0.2, 0.25) is 0 Å². The van der Waals surface area contributed by atoms with Gasteiger partial charge in [-0.3, -0.25) is 4.98 Å². The Morgan fingerprint density at radius 3 is 2.81 bits per heavy atom. The molecule has 1 heterocycles. The Bertz CT molecular complexity index is 601. The fraction of sp³-hybridized carbons (Fsp3) is 0.353. The van der Waals surface area contributed by atoms with Crippen molar-refractivity contribution in [2.75, 3.05) is 13.7 Å². The molecule has 1 aromatic carbocycles. The lowest BCUT2D eigenvalue weighted by atomic mass is 9.96. The summed E-state index contributed by atoms with van der Waals surface area (Å²) in [4.78, 5) is 4.12. The van der Waals surface area contributed by atoms with Crippen molar-refractivity contribution in [1.29, 1.82) is 0 Å². The molecule has 112 valence electrons. The molecule has 2 rings (SSSR count). The second kappa shape index (κ2) is 7.18. The third kappa shape index (κ3) is 3.58. The number of likely N-dealkylation sites (N-methyl/N-ethyl adjacent to an activating group) is 1. The predicted molar refractivity (Wildman–Crippen MR) is 82.0 cm³/mol. The largest absolute Gasteiger partial charge is 0.494 e. The number of nitrogens with one attached hydrogen (secondary N) is 1. The number of aryl methyl sites for hydroxylation is 1. The van der Waals surface area contributed by atoms with Crippen molar-refractivity contribution in [3.63, 3.8) is 0 Å². The Morgan fingerprint density at radius 2 is 2.14 bits per heavy atom. The molecule has 0 radical (unpaired) electrons. The van der Waals surface area contributed by atoms with Gasteiger partial charge in [0.05, 0.1) is 7.11 Å². The third-order valence-corrected chi connectivity index (χ3v) is 3.58. The number of rotatable bonds is 6. The molecule has 1 aromatic heterocycles. The molecule has 1 atom stereocenters. The number of hydrogen-bond acceptors (Lipinski definition) is 3. The summed E-state index contributed by atoms with van der Waals surface area (Å²) in [6.45, 7) is 4.89. The van der Waals surface area contributed by atoms with Gasteiger partial charge >= 0.3 is 0 Å². The van der Waals surface area contributed by atoms with Crippen LogP contribution in [0.15, 0.2) is 36.7 Å². The Morgan fingerprint density at radius 1 is 1.33 bits per heavy atom. The summed E-state index contributed by atoms with van der Waals surface area (Å²) in [5, 5.41) is 3.42. The van der Waals surface area contributed by atoms with Gasteiger partial charge in [-0.1, -0.05) is 19.1 Å². The maximum atomic E-state index is 14.3. The van der Waals surface area contributed by atoms with E-state index in [1.165, 1.54) is 7.11 Å². The van der Waals surface area contributed by atoms with Gasteiger partial charge in [0.2, 0.25) is 0 Å². The first-order valence-corrected chi connectivity index (χ1v) is 7.12. The molecule has 0 spiro atoms. The summed E-state index contributed by atoms with van der Waals surface area (Å²) in [6, 6.07) is 7.30. The van der Waals surface area contributed by atoms with E-state index in [1.54, 1.807) is 18.3 Å². The average Bonchev–Trinajstić information content (AvgIpc) is 2.49. The first-order valence-electron chi connectivity index (χ1n) is 7.12. The molecule has 0 bridgehead atoms. The van der Waals surface area contributed by atoms with Gasteiger partial charge in [-0.15, -0.1) is 0 Å². The molecule has 0 fully saturated rings. The molecule has 0 aliphatic carbocycles. The molecule has 0 saturated heterocycles. The normalized spacial score (nSPS) is 12.2. The monoisotopic (exact) mass is 288 g/mol. The number of ether oxygens (including phenoxy) is 1. The zero-order chi connectivity index (χ0) is 15.2. The zero-order valence-electron chi connectivity index (χ0n) is 12.7. The van der Waals surface area contributed by atoms with E-state index in [0.29, 0.717) is 12.0 Å². The highest BCUT2D eigenvalue weighted by atomic mass is 19.1. The quantitative estimate of drug-likeness (QED) is 0.884. The highest BCUT2D eigenvalue weighted by molar-refractivity contribution is 5.34. The van der Waals surface area contributed by atoms with E-state index in [0.717, 1.165) is 17.7 Å². The molecule has 1 unspecified atom stereocenters. The van der Waals surface area contributed by atoms with Gasteiger partial charge in [0, 0.05) is 18.4 Å². The van der Waals surface area contributed by atoms with Gasteiger partial charge in [0.25, 0.3) is 0 Å². The number of aromatic nitrogens is 1. The van der Waals surface area contributed by atoms with Crippen LogP contribution in [0.1, 0.15) is 29.7 Å². The second-order valence-corrected chi connectivity index (χ2v) is 4.98. The van der Waals surface area contributed by atoms with E-state index >= 15 is 0 Å². The fourth-order valence-corrected chi connectivity index (χ4v) is 2.51. The van der Waals surface area contributed by atoms with Crippen molar-refractivity contribution in [3.8, 4) is 5.75 Å². The molecular formula is C17H21FN2O. The van der Waals surface area contributed by atoms with Crippen LogP contribution in [0.25, 0.3) is 0 Å². The molecule has 0 aliphatic heterocycles. The van der Waals surface area contributed by atoms with Gasteiger partial charge in [0.15, 0.2) is 11.6 Å². The standard InChI is InChI=1S/C17H21FN2O/c1-4-20-15(14-8-9-19-11-12(14)2)10-13-6-5-7-16(21-3)17(13)18/h5-9,11,15,20H,4,10H2,1-3H3. The van der Waals surface area contributed by atoms with Crippen molar-refractivity contribution < 1.29 is 9.13 Å². The number of nitrogens with zero attached hydrogens (tertiary/aromatic N) is 1. The predicted octanol–water partition coefficient (Wildman–Crippen LogP) is 3.43. The summed E-state index contributed by atoms with van der Waals surface area (Å²) in [5.41, 5.74) is 2.90. The maximum Gasteiger partial charge on any atom is 0.168 e. The SMILES string of the molecule is CCNC(Cc1cccc(OC)c1F)c1ccncc1C. The van der Waals surface area contributed by atoms with Gasteiger partial charge < -0.3 is 10.1 Å². The first kappa shape index (κ1) is 15.4. The van der Waals surface area contributed by atoms with E-state index in [9.17, 15) is 4.39 Å². The summed E-state index contributed by atoms with van der Waals surface area (Å²) in [5.74, 6) is 0.00353. The van der Waals surface area contributed by atoms with Crippen LogP contribution in [-0.4, -0.2) is 18.6 Å². The Labute approximate surface area is 125 Å². The van der Waals surface area contributed by atoms with E-state index < -0.39 is 0 Å². The van der Waals surface area contributed by atoms with E-state index in [4.69, 9.17) is 4.74 Å². The van der Waals surface area contributed by atoms with Crippen molar-refractivity contribution in [3.05, 3.63) is 59.2 Å². The number of pyridine rings is 1. The Kier molecular flexibility index (Phi) is 5.28. The van der Waals surface area contributed by atoms with Crippen LogP contribution in [0, 0.1) is 12.7 Å². The zero-order valence-corrected chi connectivity index (χ0v) is 12.7. The fourth-order valence-electron chi connectivity index (χ4n) is 2.51. The van der Waals surface area contributed by atoms with E-state index in [2.05, 4.69) is 10.3 Å². The van der Waals surface area contributed by atoms with Gasteiger partial charge in [-0.2, -0.15) is 0 Å². The second-order valence-electron chi connectivity index (χ2n) is 4.98. The first-order chi connectivity index (χ1) is 10.2. The minimum Gasteiger partial charge on any atom is -0.494 e. The van der Waals surface area contributed by atoms with Crippen LogP contribution in [0.3, 0.4) is 0 Å². The van der Waals surface area contributed by atoms with E-state index in [-0.39, 0.29) is 17.6 Å². The summed E-state index contributed by atoms with van der Waals surface area (Å²) in [7, 11) is 1.48. The lowest BCUT2D eigenvalue weighted by molar-refractivity contribution is 0.382.